The molecule has 0 radical (unpaired) electrons. The number of nitrogens with two attached hydrogens (primary N) is 1. The maximum Gasteiger partial charge on any atom is 0.122 e. The molecule has 0 amide bonds. The van der Waals surface area contributed by atoms with Gasteiger partial charge in [0.15, 0.2) is 0 Å². The van der Waals surface area contributed by atoms with Gasteiger partial charge >= 0.3 is 0 Å². The van der Waals surface area contributed by atoms with E-state index in [1.165, 1.54) is 5.69 Å². The lowest BCUT2D eigenvalue weighted by molar-refractivity contribution is 0.613. The minimum Gasteiger partial charge on any atom is -0.384 e. The Morgan fingerprint density at radius 2 is 2.00 bits per heavy atom. The molecule has 0 spiro atoms. The summed E-state index contributed by atoms with van der Waals surface area (Å²) in [7, 11) is 2.05. The quantitative estimate of drug-likeness (QED) is 0.646. The van der Waals surface area contributed by atoms with E-state index < -0.39 is 0 Å². The summed E-state index contributed by atoms with van der Waals surface area (Å²) in [6.07, 6.45) is 0. The maximum absolute atomic E-state index is 7.40. The fourth-order valence-corrected chi connectivity index (χ4v) is 2.23. The second-order valence-electron chi connectivity index (χ2n) is 4.91. The van der Waals surface area contributed by atoms with Crippen LogP contribution in [-0.2, 0) is 13.1 Å². The molecule has 1 heterocycles. The topological polar surface area (TPSA) is 70.9 Å². The van der Waals surface area contributed by atoms with Crippen LogP contribution < -0.4 is 10.6 Å². The second kappa shape index (κ2) is 5.77. The molecule has 0 saturated heterocycles. The summed E-state index contributed by atoms with van der Waals surface area (Å²) >= 11 is 0. The number of nitrogens with one attached hydrogen (secondary N) is 1. The third kappa shape index (κ3) is 2.99. The summed E-state index contributed by atoms with van der Waals surface area (Å²) in [6.45, 7) is 5.78. The number of hydrogen-bond donors (Lipinski definition) is 2. The Kier molecular flexibility index (Phi) is 4.08. The highest BCUT2D eigenvalue weighted by atomic mass is 15.3. The van der Waals surface area contributed by atoms with Gasteiger partial charge in [0.1, 0.15) is 5.84 Å². The summed E-state index contributed by atoms with van der Waals surface area (Å²) < 4.78 is 2.02. The van der Waals surface area contributed by atoms with Crippen LogP contribution in [0.4, 0.5) is 5.69 Å². The van der Waals surface area contributed by atoms with Crippen molar-refractivity contribution in [2.75, 3.05) is 11.9 Å². The van der Waals surface area contributed by atoms with E-state index in [-0.39, 0.29) is 5.84 Å². The predicted molar refractivity (Wildman–Crippen MR) is 82.2 cm³/mol. The highest BCUT2D eigenvalue weighted by Gasteiger charge is 2.08. The lowest BCUT2D eigenvalue weighted by atomic mass is 10.2. The van der Waals surface area contributed by atoms with E-state index in [1.54, 1.807) is 0 Å². The van der Waals surface area contributed by atoms with E-state index in [0.29, 0.717) is 0 Å². The van der Waals surface area contributed by atoms with Gasteiger partial charge in [-0.1, -0.05) is 0 Å². The van der Waals surface area contributed by atoms with Gasteiger partial charge in [0.2, 0.25) is 0 Å². The van der Waals surface area contributed by atoms with Gasteiger partial charge < -0.3 is 10.6 Å². The molecule has 20 heavy (non-hydrogen) atoms. The van der Waals surface area contributed by atoms with Crippen molar-refractivity contribution in [3.8, 4) is 0 Å². The third-order valence-corrected chi connectivity index (χ3v) is 3.30. The standard InChI is InChI=1S/C15H21N5/c1-4-20-14(9-11(2)18-20)10-19(3)13-7-5-12(6-8-13)15(16)17/h5-9H,4,10H2,1-3H3,(H3,16,17). The van der Waals surface area contributed by atoms with Crippen LogP contribution in [0.15, 0.2) is 30.3 Å². The van der Waals surface area contributed by atoms with Gasteiger partial charge in [-0.3, -0.25) is 10.1 Å². The number of anilines is 1. The van der Waals surface area contributed by atoms with Gasteiger partial charge in [-0.15, -0.1) is 0 Å². The SMILES string of the molecule is CCn1nc(C)cc1CN(C)c1ccc(C(=N)N)cc1. The highest BCUT2D eigenvalue weighted by Crippen LogP contribution is 2.17. The lowest BCUT2D eigenvalue weighted by Gasteiger charge is -2.20. The number of amidine groups is 1. The molecule has 2 aromatic rings. The van der Waals surface area contributed by atoms with E-state index in [4.69, 9.17) is 11.1 Å². The van der Waals surface area contributed by atoms with Gasteiger partial charge in [-0.05, 0) is 44.2 Å². The first-order valence-electron chi connectivity index (χ1n) is 6.70. The summed E-state index contributed by atoms with van der Waals surface area (Å²) in [4.78, 5) is 2.16. The van der Waals surface area contributed by atoms with Crippen molar-refractivity contribution in [3.05, 3.63) is 47.3 Å². The Morgan fingerprint density at radius 1 is 1.35 bits per heavy atom. The van der Waals surface area contributed by atoms with Gasteiger partial charge in [0, 0.05) is 24.8 Å². The van der Waals surface area contributed by atoms with Crippen molar-refractivity contribution in [3.63, 3.8) is 0 Å². The fraction of sp³-hybridized carbons (Fsp3) is 0.333. The van der Waals surface area contributed by atoms with E-state index in [0.717, 1.165) is 30.0 Å². The van der Waals surface area contributed by atoms with Crippen molar-refractivity contribution >= 4 is 11.5 Å². The van der Waals surface area contributed by atoms with E-state index in [9.17, 15) is 0 Å². The Bertz CT molecular complexity index is 597. The van der Waals surface area contributed by atoms with Crippen LogP contribution >= 0.6 is 0 Å². The lowest BCUT2D eigenvalue weighted by Crippen LogP contribution is -2.19. The van der Waals surface area contributed by atoms with Crippen LogP contribution in [0.1, 0.15) is 23.9 Å². The average Bonchev–Trinajstić information content (AvgIpc) is 2.78. The molecule has 1 aromatic carbocycles. The van der Waals surface area contributed by atoms with Gasteiger partial charge in [0.25, 0.3) is 0 Å². The molecular weight excluding hydrogens is 250 g/mol. The molecule has 0 atom stereocenters. The molecule has 106 valence electrons. The molecule has 2 rings (SSSR count). The zero-order valence-electron chi connectivity index (χ0n) is 12.2. The first-order valence-corrected chi connectivity index (χ1v) is 6.70. The minimum atomic E-state index is 0.0962. The van der Waals surface area contributed by atoms with Crippen LogP contribution in [0.2, 0.25) is 0 Å². The van der Waals surface area contributed by atoms with Gasteiger partial charge in [-0.2, -0.15) is 5.10 Å². The molecule has 5 nitrogen and oxygen atoms in total. The Morgan fingerprint density at radius 3 is 2.55 bits per heavy atom. The maximum atomic E-state index is 7.40. The molecule has 0 fully saturated rings. The summed E-state index contributed by atoms with van der Waals surface area (Å²) in [5, 5.41) is 11.9. The van der Waals surface area contributed by atoms with Crippen molar-refractivity contribution < 1.29 is 0 Å². The van der Waals surface area contributed by atoms with Crippen molar-refractivity contribution in [2.24, 2.45) is 5.73 Å². The van der Waals surface area contributed by atoms with Gasteiger partial charge in [-0.25, -0.2) is 0 Å². The number of aromatic nitrogens is 2. The Balaban J connectivity index is 2.14. The Hall–Kier alpha value is -2.30. The number of aryl methyl sites for hydroxylation is 2. The van der Waals surface area contributed by atoms with Gasteiger partial charge in [0.05, 0.1) is 17.9 Å². The summed E-state index contributed by atoms with van der Waals surface area (Å²) in [5.74, 6) is 0.0962. The normalized spacial score (nSPS) is 10.6. The van der Waals surface area contributed by atoms with Crippen molar-refractivity contribution in [1.29, 1.82) is 5.41 Å². The monoisotopic (exact) mass is 271 g/mol. The van der Waals surface area contributed by atoms with E-state index in [2.05, 4.69) is 23.0 Å². The average molecular weight is 271 g/mol. The molecule has 0 aliphatic heterocycles. The second-order valence-corrected chi connectivity index (χ2v) is 4.91. The largest absolute Gasteiger partial charge is 0.384 e. The zero-order chi connectivity index (χ0) is 14.7. The smallest absolute Gasteiger partial charge is 0.122 e. The third-order valence-electron chi connectivity index (χ3n) is 3.30. The molecule has 3 N–H and O–H groups in total. The highest BCUT2D eigenvalue weighted by molar-refractivity contribution is 5.95. The molecule has 0 unspecified atom stereocenters. The molecule has 5 heteroatoms. The molecule has 0 saturated carbocycles. The van der Waals surface area contributed by atoms with Crippen molar-refractivity contribution in [2.45, 2.75) is 26.9 Å². The molecular formula is C15H21N5. The summed E-state index contributed by atoms with van der Waals surface area (Å²) in [5.41, 5.74) is 9.54. The van der Waals surface area contributed by atoms with Crippen LogP contribution in [0.3, 0.4) is 0 Å². The number of benzene rings is 1. The molecule has 0 bridgehead atoms. The number of rotatable bonds is 5. The van der Waals surface area contributed by atoms with Crippen LogP contribution in [0.25, 0.3) is 0 Å². The number of nitrogens with zero attached hydrogens (tertiary/aromatic N) is 3. The number of hydrogen-bond acceptors (Lipinski definition) is 3. The predicted octanol–water partition coefficient (Wildman–Crippen LogP) is 2.13. The van der Waals surface area contributed by atoms with Crippen LogP contribution in [0, 0.1) is 12.3 Å². The molecule has 0 aliphatic rings. The fourth-order valence-electron chi connectivity index (χ4n) is 2.23. The first-order chi connectivity index (χ1) is 9.51. The Labute approximate surface area is 119 Å². The van der Waals surface area contributed by atoms with E-state index >= 15 is 0 Å². The summed E-state index contributed by atoms with van der Waals surface area (Å²) in [6, 6.07) is 9.82. The molecule has 0 aliphatic carbocycles. The first kappa shape index (κ1) is 14.1. The van der Waals surface area contributed by atoms with Crippen LogP contribution in [-0.4, -0.2) is 22.7 Å². The minimum absolute atomic E-state index is 0.0962. The zero-order valence-corrected chi connectivity index (χ0v) is 12.2. The van der Waals surface area contributed by atoms with Crippen LogP contribution in [0.5, 0.6) is 0 Å². The van der Waals surface area contributed by atoms with Crippen molar-refractivity contribution in [1.82, 2.24) is 9.78 Å². The molecule has 1 aromatic heterocycles. The number of nitrogen functional groups attached to an aromatic ring is 1. The van der Waals surface area contributed by atoms with E-state index in [1.807, 2.05) is 42.9 Å².